The topological polar surface area (TPSA) is 29.9 Å². The second-order valence-corrected chi connectivity index (χ2v) is 5.31. The first kappa shape index (κ1) is 13.6. The van der Waals surface area contributed by atoms with E-state index in [4.69, 9.17) is 11.6 Å². The molecule has 1 atom stereocenters. The van der Waals surface area contributed by atoms with E-state index in [-0.39, 0.29) is 6.04 Å². The highest BCUT2D eigenvalue weighted by molar-refractivity contribution is 9.10. The normalized spacial score (nSPS) is 12.7. The maximum atomic E-state index is 6.03. The highest BCUT2D eigenvalue weighted by Crippen LogP contribution is 2.28. The summed E-state index contributed by atoms with van der Waals surface area (Å²) in [6.45, 7) is 2.98. The van der Waals surface area contributed by atoms with Gasteiger partial charge in [0.15, 0.2) is 0 Å². The average Bonchev–Trinajstić information content (AvgIpc) is 2.76. The molecule has 0 fully saturated rings. The Bertz CT molecular complexity index is 539. The third kappa shape index (κ3) is 2.76. The Morgan fingerprint density at radius 1 is 1.44 bits per heavy atom. The van der Waals surface area contributed by atoms with Gasteiger partial charge in [-0.1, -0.05) is 24.6 Å². The Hall–Kier alpha value is -0.840. The van der Waals surface area contributed by atoms with Crippen LogP contribution in [0.5, 0.6) is 0 Å². The fourth-order valence-corrected chi connectivity index (χ4v) is 2.47. The summed E-state index contributed by atoms with van der Waals surface area (Å²) in [5, 5.41) is 8.41. The van der Waals surface area contributed by atoms with E-state index in [1.807, 2.05) is 42.2 Å². The molecule has 2 aromatic rings. The zero-order valence-corrected chi connectivity index (χ0v) is 12.7. The minimum atomic E-state index is 0.121. The van der Waals surface area contributed by atoms with Gasteiger partial charge in [0.2, 0.25) is 0 Å². The number of hydrogen-bond donors (Lipinski definition) is 1. The molecule has 0 radical (unpaired) electrons. The van der Waals surface area contributed by atoms with Crippen molar-refractivity contribution in [2.75, 3.05) is 6.54 Å². The van der Waals surface area contributed by atoms with Gasteiger partial charge in [0, 0.05) is 17.7 Å². The van der Waals surface area contributed by atoms with Crippen LogP contribution in [0, 0.1) is 0 Å². The molecule has 1 heterocycles. The highest BCUT2D eigenvalue weighted by atomic mass is 79.9. The number of rotatable bonds is 4. The van der Waals surface area contributed by atoms with Crippen molar-refractivity contribution in [2.45, 2.75) is 13.0 Å². The third-order valence-corrected chi connectivity index (χ3v) is 4.05. The average molecular weight is 329 g/mol. The second kappa shape index (κ2) is 5.87. The number of halogens is 2. The monoisotopic (exact) mass is 327 g/mol. The number of aryl methyl sites for hydroxylation is 1. The summed E-state index contributed by atoms with van der Waals surface area (Å²) >= 11 is 9.50. The summed E-state index contributed by atoms with van der Waals surface area (Å²) < 4.78 is 2.79. The van der Waals surface area contributed by atoms with Crippen molar-refractivity contribution < 1.29 is 0 Å². The van der Waals surface area contributed by atoms with Gasteiger partial charge in [-0.2, -0.15) is 5.10 Å². The number of benzene rings is 1. The van der Waals surface area contributed by atoms with Crippen LogP contribution in [-0.4, -0.2) is 16.3 Å². The molecule has 2 rings (SSSR count). The maximum Gasteiger partial charge on any atom is 0.0748 e. The van der Waals surface area contributed by atoms with Crippen molar-refractivity contribution in [1.29, 1.82) is 0 Å². The lowest BCUT2D eigenvalue weighted by Gasteiger charge is -2.19. The van der Waals surface area contributed by atoms with Gasteiger partial charge in [0.05, 0.1) is 16.8 Å². The van der Waals surface area contributed by atoms with Crippen LogP contribution in [0.3, 0.4) is 0 Å². The largest absolute Gasteiger partial charge is 0.305 e. The predicted octanol–water partition coefficient (Wildman–Crippen LogP) is 3.53. The maximum absolute atomic E-state index is 6.03. The molecule has 0 aliphatic rings. The molecule has 0 aliphatic heterocycles. The summed E-state index contributed by atoms with van der Waals surface area (Å²) in [5.74, 6) is 0. The van der Waals surface area contributed by atoms with E-state index in [2.05, 4.69) is 33.3 Å². The molecule has 1 unspecified atom stereocenters. The van der Waals surface area contributed by atoms with Crippen molar-refractivity contribution >= 4 is 27.5 Å². The first-order chi connectivity index (χ1) is 8.63. The lowest BCUT2D eigenvalue weighted by Crippen LogP contribution is -2.24. The van der Waals surface area contributed by atoms with Gasteiger partial charge in [-0.3, -0.25) is 4.68 Å². The summed E-state index contributed by atoms with van der Waals surface area (Å²) in [6.07, 6.45) is 1.81. The smallest absolute Gasteiger partial charge is 0.0748 e. The molecular weight excluding hydrogens is 314 g/mol. The standard InChI is InChI=1S/C13H15BrClN3/c1-3-16-13(12-6-7-17-18(12)2)9-4-5-11(15)10(14)8-9/h4-8,13,16H,3H2,1-2H3. The zero-order valence-electron chi connectivity index (χ0n) is 10.3. The Morgan fingerprint density at radius 2 is 2.22 bits per heavy atom. The van der Waals surface area contributed by atoms with Crippen molar-refractivity contribution in [1.82, 2.24) is 15.1 Å². The third-order valence-electron chi connectivity index (χ3n) is 2.84. The molecule has 0 spiro atoms. The van der Waals surface area contributed by atoms with Crippen molar-refractivity contribution in [3.8, 4) is 0 Å². The van der Waals surface area contributed by atoms with Crippen LogP contribution in [0.1, 0.15) is 24.2 Å². The molecule has 0 saturated heterocycles. The molecule has 1 aromatic carbocycles. The number of nitrogens with one attached hydrogen (secondary N) is 1. The van der Waals surface area contributed by atoms with Crippen LogP contribution in [0.25, 0.3) is 0 Å². The molecule has 1 aromatic heterocycles. The zero-order chi connectivity index (χ0) is 13.1. The molecule has 1 N–H and O–H groups in total. The summed E-state index contributed by atoms with van der Waals surface area (Å²) in [4.78, 5) is 0. The molecule has 5 heteroatoms. The molecule has 0 saturated carbocycles. The Morgan fingerprint density at radius 3 is 2.78 bits per heavy atom. The number of nitrogens with zero attached hydrogens (tertiary/aromatic N) is 2. The fourth-order valence-electron chi connectivity index (χ4n) is 1.96. The molecule has 0 amide bonds. The van der Waals surface area contributed by atoms with Gasteiger partial charge >= 0.3 is 0 Å². The van der Waals surface area contributed by atoms with Crippen LogP contribution in [-0.2, 0) is 7.05 Å². The quantitative estimate of drug-likeness (QED) is 0.930. The molecule has 0 bridgehead atoms. The van der Waals surface area contributed by atoms with Crippen molar-refractivity contribution in [2.24, 2.45) is 7.05 Å². The van der Waals surface area contributed by atoms with Crippen LogP contribution in [0.4, 0.5) is 0 Å². The first-order valence-electron chi connectivity index (χ1n) is 5.79. The minimum absolute atomic E-state index is 0.121. The summed E-state index contributed by atoms with van der Waals surface area (Å²) in [7, 11) is 1.95. The van der Waals surface area contributed by atoms with Gasteiger partial charge in [0.1, 0.15) is 0 Å². The lowest BCUT2D eigenvalue weighted by atomic mass is 10.0. The van der Waals surface area contributed by atoms with Crippen LogP contribution in [0.2, 0.25) is 5.02 Å². The SMILES string of the molecule is CCNC(c1ccc(Cl)c(Br)c1)c1ccnn1C. The van der Waals surface area contributed by atoms with E-state index in [1.54, 1.807) is 0 Å². The Kier molecular flexibility index (Phi) is 4.43. The molecule has 96 valence electrons. The van der Waals surface area contributed by atoms with Crippen LogP contribution < -0.4 is 5.32 Å². The van der Waals surface area contributed by atoms with Crippen LogP contribution >= 0.6 is 27.5 Å². The van der Waals surface area contributed by atoms with Gasteiger partial charge in [0.25, 0.3) is 0 Å². The molecule has 0 aliphatic carbocycles. The van der Waals surface area contributed by atoms with Crippen molar-refractivity contribution in [3.63, 3.8) is 0 Å². The Balaban J connectivity index is 2.41. The van der Waals surface area contributed by atoms with Gasteiger partial charge in [-0.15, -0.1) is 0 Å². The molecular formula is C13H15BrClN3. The predicted molar refractivity (Wildman–Crippen MR) is 77.9 cm³/mol. The van der Waals surface area contributed by atoms with E-state index in [9.17, 15) is 0 Å². The summed E-state index contributed by atoms with van der Waals surface area (Å²) in [5.41, 5.74) is 2.29. The summed E-state index contributed by atoms with van der Waals surface area (Å²) in [6, 6.07) is 8.13. The minimum Gasteiger partial charge on any atom is -0.305 e. The van der Waals surface area contributed by atoms with E-state index >= 15 is 0 Å². The lowest BCUT2D eigenvalue weighted by molar-refractivity contribution is 0.572. The first-order valence-corrected chi connectivity index (χ1v) is 6.96. The van der Waals surface area contributed by atoms with Gasteiger partial charge < -0.3 is 5.32 Å². The second-order valence-electron chi connectivity index (χ2n) is 4.04. The van der Waals surface area contributed by atoms with E-state index in [0.29, 0.717) is 0 Å². The van der Waals surface area contributed by atoms with Gasteiger partial charge in [-0.05, 0) is 46.2 Å². The van der Waals surface area contributed by atoms with E-state index in [1.165, 1.54) is 0 Å². The fraction of sp³-hybridized carbons (Fsp3) is 0.308. The van der Waals surface area contributed by atoms with Crippen molar-refractivity contribution in [3.05, 3.63) is 51.2 Å². The van der Waals surface area contributed by atoms with E-state index < -0.39 is 0 Å². The van der Waals surface area contributed by atoms with E-state index in [0.717, 1.165) is 27.3 Å². The highest BCUT2D eigenvalue weighted by Gasteiger charge is 2.16. The van der Waals surface area contributed by atoms with Gasteiger partial charge in [-0.25, -0.2) is 0 Å². The number of aromatic nitrogens is 2. The van der Waals surface area contributed by atoms with Crippen LogP contribution in [0.15, 0.2) is 34.9 Å². The number of hydrogen-bond acceptors (Lipinski definition) is 2. The molecule has 3 nitrogen and oxygen atoms in total. The molecule has 18 heavy (non-hydrogen) atoms. The Labute approximate surface area is 120 Å².